The van der Waals surface area contributed by atoms with E-state index >= 15 is 0 Å². The molecule has 1 aliphatic rings. The van der Waals surface area contributed by atoms with Gasteiger partial charge in [-0.15, -0.1) is 0 Å². The number of anilines is 1. The summed E-state index contributed by atoms with van der Waals surface area (Å²) in [6.07, 6.45) is 0.455. The van der Waals surface area contributed by atoms with Gasteiger partial charge in [0.05, 0.1) is 22.9 Å². The van der Waals surface area contributed by atoms with E-state index in [1.54, 1.807) is 4.68 Å². The van der Waals surface area contributed by atoms with Gasteiger partial charge >= 0.3 is 0 Å². The van der Waals surface area contributed by atoms with Gasteiger partial charge in [-0.05, 0) is 25.0 Å². The van der Waals surface area contributed by atoms with Gasteiger partial charge < -0.3 is 5.32 Å². The maximum atomic E-state index is 12.2. The molecule has 2 aromatic rings. The number of carbonyl (C=O) groups excluding carboxylic acids is 1. The van der Waals surface area contributed by atoms with E-state index in [4.69, 9.17) is 0 Å². The Balaban J connectivity index is 1.99. The van der Waals surface area contributed by atoms with Gasteiger partial charge in [-0.2, -0.15) is 5.10 Å². The van der Waals surface area contributed by atoms with Crippen LogP contribution in [0.1, 0.15) is 37.1 Å². The Bertz CT molecular complexity index is 763. The maximum Gasteiger partial charge on any atom is 0.225 e. The van der Waals surface area contributed by atoms with E-state index < -0.39 is 10.8 Å². The largest absolute Gasteiger partial charge is 0.310 e. The van der Waals surface area contributed by atoms with Crippen LogP contribution in [0, 0.1) is 12.8 Å². The van der Waals surface area contributed by atoms with Gasteiger partial charge in [0.2, 0.25) is 5.91 Å². The summed E-state index contributed by atoms with van der Waals surface area (Å²) in [5.41, 5.74) is 3.79. The van der Waals surface area contributed by atoms with Gasteiger partial charge in [0.25, 0.3) is 0 Å². The van der Waals surface area contributed by atoms with E-state index in [2.05, 4.69) is 10.4 Å². The van der Waals surface area contributed by atoms with Crippen LogP contribution < -0.4 is 5.32 Å². The van der Waals surface area contributed by atoms with Gasteiger partial charge in [0.1, 0.15) is 5.82 Å². The molecule has 6 heteroatoms. The minimum Gasteiger partial charge on any atom is -0.310 e. The van der Waals surface area contributed by atoms with Crippen LogP contribution in [0.5, 0.6) is 0 Å². The Labute approximate surface area is 138 Å². The third-order valence-corrected chi connectivity index (χ3v) is 5.01. The molecule has 0 aliphatic carbocycles. The minimum absolute atomic E-state index is 0.0336. The Hall–Kier alpha value is -1.95. The number of fused-ring (bicyclic) bond motifs is 1. The summed E-state index contributed by atoms with van der Waals surface area (Å²) in [6, 6.07) is 7.99. The number of nitrogens with zero attached hydrogens (tertiary/aromatic N) is 2. The van der Waals surface area contributed by atoms with Gasteiger partial charge in [-0.1, -0.05) is 31.5 Å². The molecule has 0 saturated carbocycles. The number of rotatable bonds is 4. The summed E-state index contributed by atoms with van der Waals surface area (Å²) < 4.78 is 13.6. The van der Waals surface area contributed by atoms with E-state index in [0.717, 1.165) is 16.9 Å². The van der Waals surface area contributed by atoms with Crippen LogP contribution in [0.2, 0.25) is 0 Å². The predicted molar refractivity (Wildman–Crippen MR) is 91.9 cm³/mol. The fraction of sp³-hybridized carbons (Fsp3) is 0.412. The molecule has 3 rings (SSSR count). The molecule has 1 aromatic heterocycles. The fourth-order valence-electron chi connectivity index (χ4n) is 2.68. The summed E-state index contributed by atoms with van der Waals surface area (Å²) in [4.78, 5) is 12.2. The third-order valence-electron chi connectivity index (χ3n) is 3.80. The number of benzene rings is 1. The first-order valence-electron chi connectivity index (χ1n) is 7.76. The normalized spacial score (nSPS) is 16.6. The predicted octanol–water partition coefficient (Wildman–Crippen LogP) is 2.93. The van der Waals surface area contributed by atoms with Crippen LogP contribution in [0.4, 0.5) is 5.82 Å². The van der Waals surface area contributed by atoms with Crippen molar-refractivity contribution in [3.8, 4) is 5.69 Å². The monoisotopic (exact) mass is 331 g/mol. The first-order valence-corrected chi connectivity index (χ1v) is 9.25. The number of nitrogens with one attached hydrogen (secondary N) is 1. The summed E-state index contributed by atoms with van der Waals surface area (Å²) in [7, 11) is -0.920. The zero-order chi connectivity index (χ0) is 16.6. The van der Waals surface area contributed by atoms with Crippen LogP contribution in [-0.2, 0) is 27.1 Å². The molecule has 122 valence electrons. The first-order chi connectivity index (χ1) is 10.9. The molecule has 0 saturated heterocycles. The van der Waals surface area contributed by atoms with Crippen molar-refractivity contribution < 1.29 is 9.00 Å². The Morgan fingerprint density at radius 1 is 1.30 bits per heavy atom. The van der Waals surface area contributed by atoms with E-state index in [-0.39, 0.29) is 11.8 Å². The average molecular weight is 331 g/mol. The van der Waals surface area contributed by atoms with Crippen LogP contribution in [0.15, 0.2) is 24.3 Å². The zero-order valence-corrected chi connectivity index (χ0v) is 14.4. The van der Waals surface area contributed by atoms with Crippen LogP contribution in [-0.4, -0.2) is 19.9 Å². The smallest absolute Gasteiger partial charge is 0.225 e. The maximum absolute atomic E-state index is 12.2. The second-order valence-corrected chi connectivity index (χ2v) is 7.85. The summed E-state index contributed by atoms with van der Waals surface area (Å²) in [6.45, 7) is 6.05. The molecule has 5 nitrogen and oxygen atoms in total. The van der Waals surface area contributed by atoms with Crippen LogP contribution in [0.3, 0.4) is 0 Å². The zero-order valence-electron chi connectivity index (χ0n) is 13.6. The summed E-state index contributed by atoms with van der Waals surface area (Å²) in [5.74, 6) is 1.83. The van der Waals surface area contributed by atoms with Gasteiger partial charge in [0.15, 0.2) is 0 Å². The van der Waals surface area contributed by atoms with E-state index in [0.29, 0.717) is 23.7 Å². The van der Waals surface area contributed by atoms with E-state index in [9.17, 15) is 9.00 Å². The highest BCUT2D eigenvalue weighted by molar-refractivity contribution is 7.83. The van der Waals surface area contributed by atoms with Crippen molar-refractivity contribution in [2.24, 2.45) is 5.92 Å². The molecule has 1 aromatic carbocycles. The number of carbonyl (C=O) groups is 1. The molecule has 1 aliphatic heterocycles. The highest BCUT2D eigenvalue weighted by atomic mass is 32.2. The number of aromatic nitrogens is 2. The molecule has 1 amide bonds. The lowest BCUT2D eigenvalue weighted by atomic mass is 10.1. The van der Waals surface area contributed by atoms with Crippen molar-refractivity contribution in [1.82, 2.24) is 9.78 Å². The van der Waals surface area contributed by atoms with Crippen LogP contribution in [0.25, 0.3) is 5.69 Å². The standard InChI is InChI=1S/C17H21N3O2S/c1-11(2)8-16(21)18-17-14-9-23(22)10-15(14)19-20(17)13-6-4-12(3)5-7-13/h4-7,11H,8-10H2,1-3H3,(H,18,21)/t23-/m0/s1. The quantitative estimate of drug-likeness (QED) is 0.937. The summed E-state index contributed by atoms with van der Waals surface area (Å²) >= 11 is 0. The molecule has 0 fully saturated rings. The van der Waals surface area contributed by atoms with Gasteiger partial charge in [-0.3, -0.25) is 9.00 Å². The Morgan fingerprint density at radius 2 is 2.00 bits per heavy atom. The van der Waals surface area contributed by atoms with Crippen LogP contribution >= 0.6 is 0 Å². The third kappa shape index (κ3) is 3.37. The highest BCUT2D eigenvalue weighted by Gasteiger charge is 2.28. The topological polar surface area (TPSA) is 64.0 Å². The summed E-state index contributed by atoms with van der Waals surface area (Å²) in [5, 5.41) is 7.57. The number of hydrogen-bond acceptors (Lipinski definition) is 3. The second-order valence-electron chi connectivity index (χ2n) is 6.40. The average Bonchev–Trinajstić information content (AvgIpc) is 2.97. The molecule has 0 spiro atoms. The van der Waals surface area contributed by atoms with Gasteiger partial charge in [0, 0.05) is 22.8 Å². The molecule has 1 atom stereocenters. The SMILES string of the molecule is Cc1ccc(-n2nc3c(c2NC(=O)CC(C)C)C[S@](=O)C3)cc1. The van der Waals surface area contributed by atoms with Crippen molar-refractivity contribution in [1.29, 1.82) is 0 Å². The second kappa shape index (κ2) is 6.28. The van der Waals surface area contributed by atoms with Crippen molar-refractivity contribution in [3.05, 3.63) is 41.1 Å². The molecule has 23 heavy (non-hydrogen) atoms. The lowest BCUT2D eigenvalue weighted by molar-refractivity contribution is -0.116. The fourth-order valence-corrected chi connectivity index (χ4v) is 3.95. The van der Waals surface area contributed by atoms with E-state index in [1.165, 1.54) is 5.56 Å². The number of aryl methyl sites for hydroxylation is 1. The lowest BCUT2D eigenvalue weighted by Crippen LogP contribution is -2.17. The Kier molecular flexibility index (Phi) is 4.35. The first kappa shape index (κ1) is 15.9. The van der Waals surface area contributed by atoms with Crippen molar-refractivity contribution >= 4 is 22.5 Å². The van der Waals surface area contributed by atoms with Crippen molar-refractivity contribution in [3.63, 3.8) is 0 Å². The van der Waals surface area contributed by atoms with E-state index in [1.807, 2.05) is 45.0 Å². The highest BCUT2D eigenvalue weighted by Crippen LogP contribution is 2.31. The number of amides is 1. The Morgan fingerprint density at radius 3 is 2.65 bits per heavy atom. The van der Waals surface area contributed by atoms with Gasteiger partial charge in [-0.25, -0.2) is 4.68 Å². The molecular weight excluding hydrogens is 310 g/mol. The molecule has 2 heterocycles. The molecular formula is C17H21N3O2S. The van der Waals surface area contributed by atoms with Crippen molar-refractivity contribution in [2.75, 3.05) is 5.32 Å². The molecule has 1 N–H and O–H groups in total. The van der Waals surface area contributed by atoms with Crippen molar-refractivity contribution in [2.45, 2.75) is 38.7 Å². The molecule has 0 radical (unpaired) electrons. The molecule has 0 bridgehead atoms. The number of hydrogen-bond donors (Lipinski definition) is 1. The minimum atomic E-state index is -0.920. The lowest BCUT2D eigenvalue weighted by Gasteiger charge is -2.12. The molecule has 0 unspecified atom stereocenters.